The summed E-state index contributed by atoms with van der Waals surface area (Å²) in [5, 5.41) is 0.666. The van der Waals surface area contributed by atoms with Gasteiger partial charge in [-0.2, -0.15) is 0 Å². The number of allylic oxidation sites excluding steroid dienone is 2. The van der Waals surface area contributed by atoms with Gasteiger partial charge in [0.2, 0.25) is 0 Å². The number of benzene rings is 1. The van der Waals surface area contributed by atoms with Crippen LogP contribution in [0.25, 0.3) is 0 Å². The molecule has 0 aromatic heterocycles. The molecule has 1 aliphatic rings. The van der Waals surface area contributed by atoms with Crippen LogP contribution in [0.15, 0.2) is 29.8 Å². The SMILES string of the molecule is Cc1ccc(C(=O)C2=CCCC2)cc1Cl. The predicted molar refractivity (Wildman–Crippen MR) is 62.5 cm³/mol. The first kappa shape index (κ1) is 10.4. The van der Waals surface area contributed by atoms with E-state index in [1.807, 2.05) is 25.1 Å². The highest BCUT2D eigenvalue weighted by Gasteiger charge is 2.15. The first-order valence-corrected chi connectivity index (χ1v) is 5.56. The number of aryl methyl sites for hydroxylation is 1. The van der Waals surface area contributed by atoms with Gasteiger partial charge in [0, 0.05) is 10.6 Å². The van der Waals surface area contributed by atoms with Gasteiger partial charge in [-0.15, -0.1) is 0 Å². The van der Waals surface area contributed by atoms with E-state index < -0.39 is 0 Å². The lowest BCUT2D eigenvalue weighted by molar-refractivity contribution is 0.103. The molecule has 0 N–H and O–H groups in total. The Morgan fingerprint density at radius 3 is 2.80 bits per heavy atom. The van der Waals surface area contributed by atoms with Gasteiger partial charge in [0.05, 0.1) is 0 Å². The fraction of sp³-hybridized carbons (Fsp3) is 0.308. The van der Waals surface area contributed by atoms with Crippen LogP contribution in [-0.2, 0) is 0 Å². The molecule has 0 aliphatic heterocycles. The summed E-state index contributed by atoms with van der Waals surface area (Å²) in [6.45, 7) is 1.94. The maximum atomic E-state index is 12.0. The van der Waals surface area contributed by atoms with Gasteiger partial charge in [0.15, 0.2) is 5.78 Å². The molecule has 0 saturated heterocycles. The molecule has 78 valence electrons. The third kappa shape index (κ3) is 2.13. The van der Waals surface area contributed by atoms with Crippen molar-refractivity contribution < 1.29 is 4.79 Å². The Hall–Kier alpha value is -1.08. The van der Waals surface area contributed by atoms with Gasteiger partial charge in [-0.25, -0.2) is 0 Å². The number of carbonyl (C=O) groups is 1. The fourth-order valence-corrected chi connectivity index (χ4v) is 1.98. The van der Waals surface area contributed by atoms with Gasteiger partial charge in [-0.3, -0.25) is 4.79 Å². The smallest absolute Gasteiger partial charge is 0.188 e. The van der Waals surface area contributed by atoms with Gasteiger partial charge in [0.25, 0.3) is 0 Å². The summed E-state index contributed by atoms with van der Waals surface area (Å²) >= 11 is 5.99. The lowest BCUT2D eigenvalue weighted by Gasteiger charge is -2.03. The quantitative estimate of drug-likeness (QED) is 0.690. The summed E-state index contributed by atoms with van der Waals surface area (Å²) in [4.78, 5) is 12.0. The number of carbonyl (C=O) groups excluding carboxylic acids is 1. The van der Waals surface area contributed by atoms with Crippen LogP contribution in [0.1, 0.15) is 35.2 Å². The number of rotatable bonds is 2. The van der Waals surface area contributed by atoms with Crippen molar-refractivity contribution >= 4 is 17.4 Å². The topological polar surface area (TPSA) is 17.1 Å². The molecule has 15 heavy (non-hydrogen) atoms. The van der Waals surface area contributed by atoms with E-state index in [4.69, 9.17) is 11.6 Å². The number of hydrogen-bond acceptors (Lipinski definition) is 1. The monoisotopic (exact) mass is 220 g/mol. The standard InChI is InChI=1S/C13H13ClO/c1-9-6-7-11(8-12(9)14)13(15)10-4-2-3-5-10/h4,6-8H,2-3,5H2,1H3. The number of ketones is 1. The molecule has 0 bridgehead atoms. The lowest BCUT2D eigenvalue weighted by Crippen LogP contribution is -2.01. The summed E-state index contributed by atoms with van der Waals surface area (Å²) in [5.74, 6) is 0.134. The zero-order valence-corrected chi connectivity index (χ0v) is 9.47. The van der Waals surface area contributed by atoms with E-state index in [2.05, 4.69) is 0 Å². The van der Waals surface area contributed by atoms with Crippen LogP contribution in [0.4, 0.5) is 0 Å². The Bertz CT molecular complexity index is 432. The Balaban J connectivity index is 2.29. The van der Waals surface area contributed by atoms with Crippen molar-refractivity contribution in [2.75, 3.05) is 0 Å². The zero-order chi connectivity index (χ0) is 10.8. The van der Waals surface area contributed by atoms with Crippen molar-refractivity contribution in [2.45, 2.75) is 26.2 Å². The number of halogens is 1. The van der Waals surface area contributed by atoms with Crippen molar-refractivity contribution in [1.29, 1.82) is 0 Å². The Kier molecular flexibility index (Phi) is 2.92. The predicted octanol–water partition coefficient (Wildman–Crippen LogP) is 3.94. The molecule has 1 nitrogen and oxygen atoms in total. The van der Waals surface area contributed by atoms with Crippen molar-refractivity contribution in [2.24, 2.45) is 0 Å². The van der Waals surface area contributed by atoms with E-state index in [1.54, 1.807) is 6.07 Å². The molecule has 2 rings (SSSR count). The molecular formula is C13H13ClO. The Labute approximate surface area is 94.8 Å². The molecule has 0 fully saturated rings. The molecule has 0 unspecified atom stereocenters. The second kappa shape index (κ2) is 4.19. The van der Waals surface area contributed by atoms with Crippen LogP contribution < -0.4 is 0 Å². The highest BCUT2D eigenvalue weighted by Crippen LogP contribution is 2.24. The molecule has 0 radical (unpaired) electrons. The van der Waals surface area contributed by atoms with Crippen LogP contribution in [-0.4, -0.2) is 5.78 Å². The second-order valence-electron chi connectivity index (χ2n) is 3.91. The van der Waals surface area contributed by atoms with Crippen LogP contribution in [0.5, 0.6) is 0 Å². The molecular weight excluding hydrogens is 208 g/mol. The largest absolute Gasteiger partial charge is 0.289 e. The van der Waals surface area contributed by atoms with E-state index in [0.717, 1.165) is 30.4 Å². The summed E-state index contributed by atoms with van der Waals surface area (Å²) in [7, 11) is 0. The van der Waals surface area contributed by atoms with Gasteiger partial charge < -0.3 is 0 Å². The van der Waals surface area contributed by atoms with Crippen LogP contribution in [0.3, 0.4) is 0 Å². The maximum absolute atomic E-state index is 12.0. The number of Topliss-reactive ketones (excluding diaryl/α,β-unsaturated/α-hetero) is 1. The summed E-state index contributed by atoms with van der Waals surface area (Å²) in [6, 6.07) is 5.51. The Morgan fingerprint density at radius 1 is 1.40 bits per heavy atom. The fourth-order valence-electron chi connectivity index (χ4n) is 1.80. The third-order valence-electron chi connectivity index (χ3n) is 2.77. The zero-order valence-electron chi connectivity index (χ0n) is 8.72. The van der Waals surface area contributed by atoms with Gasteiger partial charge in [-0.1, -0.05) is 29.8 Å². The maximum Gasteiger partial charge on any atom is 0.188 e. The van der Waals surface area contributed by atoms with Crippen LogP contribution in [0, 0.1) is 6.92 Å². The molecule has 0 saturated carbocycles. The summed E-state index contributed by atoms with van der Waals surface area (Å²) in [6.07, 6.45) is 5.07. The normalized spacial score (nSPS) is 15.2. The molecule has 0 atom stereocenters. The molecule has 1 aliphatic carbocycles. The minimum Gasteiger partial charge on any atom is -0.289 e. The first-order chi connectivity index (χ1) is 7.18. The average Bonchev–Trinajstić information content (AvgIpc) is 2.74. The van der Waals surface area contributed by atoms with E-state index in [-0.39, 0.29) is 5.78 Å². The van der Waals surface area contributed by atoms with Crippen molar-refractivity contribution in [3.05, 3.63) is 46.0 Å². The molecule has 0 amide bonds. The van der Waals surface area contributed by atoms with Crippen LogP contribution >= 0.6 is 11.6 Å². The molecule has 1 aromatic carbocycles. The first-order valence-electron chi connectivity index (χ1n) is 5.18. The van der Waals surface area contributed by atoms with E-state index in [9.17, 15) is 4.79 Å². The van der Waals surface area contributed by atoms with Crippen molar-refractivity contribution in [3.63, 3.8) is 0 Å². The summed E-state index contributed by atoms with van der Waals surface area (Å²) < 4.78 is 0. The number of hydrogen-bond donors (Lipinski definition) is 0. The van der Waals surface area contributed by atoms with Gasteiger partial charge in [-0.05, 0) is 43.4 Å². The third-order valence-corrected chi connectivity index (χ3v) is 3.17. The molecule has 0 heterocycles. The Morgan fingerprint density at radius 2 is 2.20 bits per heavy atom. The highest BCUT2D eigenvalue weighted by atomic mass is 35.5. The van der Waals surface area contributed by atoms with E-state index in [1.165, 1.54) is 0 Å². The highest BCUT2D eigenvalue weighted by molar-refractivity contribution is 6.31. The van der Waals surface area contributed by atoms with Gasteiger partial charge >= 0.3 is 0 Å². The van der Waals surface area contributed by atoms with Crippen molar-refractivity contribution in [1.82, 2.24) is 0 Å². The van der Waals surface area contributed by atoms with Gasteiger partial charge in [0.1, 0.15) is 0 Å². The van der Waals surface area contributed by atoms with E-state index >= 15 is 0 Å². The lowest BCUT2D eigenvalue weighted by atomic mass is 10.0. The van der Waals surface area contributed by atoms with Crippen molar-refractivity contribution in [3.8, 4) is 0 Å². The average molecular weight is 221 g/mol. The second-order valence-corrected chi connectivity index (χ2v) is 4.32. The summed E-state index contributed by atoms with van der Waals surface area (Å²) in [5.41, 5.74) is 2.65. The molecule has 0 spiro atoms. The molecule has 2 heteroatoms. The van der Waals surface area contributed by atoms with E-state index in [0.29, 0.717) is 10.6 Å². The molecule has 1 aromatic rings. The van der Waals surface area contributed by atoms with Crippen LogP contribution in [0.2, 0.25) is 5.02 Å². The minimum absolute atomic E-state index is 0.134. The minimum atomic E-state index is 0.134.